The van der Waals surface area contributed by atoms with Crippen molar-refractivity contribution in [3.8, 4) is 5.75 Å². The van der Waals surface area contributed by atoms with Crippen LogP contribution in [0.3, 0.4) is 0 Å². The molecule has 1 aliphatic carbocycles. The Kier molecular flexibility index (Phi) is 5.39. The number of ether oxygens (including phenoxy) is 1. The Labute approximate surface area is 158 Å². The van der Waals surface area contributed by atoms with Crippen LogP contribution in [0.4, 0.5) is 5.69 Å². The van der Waals surface area contributed by atoms with Gasteiger partial charge in [-0.3, -0.25) is 14.4 Å². The number of rotatable bonds is 5. The highest BCUT2D eigenvalue weighted by atomic mass is 16.5. The van der Waals surface area contributed by atoms with Crippen LogP contribution in [-0.4, -0.2) is 42.1 Å². The molecule has 146 valence electrons. The number of nitrogens with zero attached hydrogens (tertiary/aromatic N) is 1. The summed E-state index contributed by atoms with van der Waals surface area (Å²) in [4.78, 5) is 38.5. The number of amides is 2. The molecule has 1 saturated carbocycles. The lowest BCUT2D eigenvalue weighted by atomic mass is 9.73. The zero-order valence-electron chi connectivity index (χ0n) is 15.7. The molecular formula is C20H26N2O5. The van der Waals surface area contributed by atoms with Gasteiger partial charge in [0, 0.05) is 13.0 Å². The van der Waals surface area contributed by atoms with E-state index in [2.05, 4.69) is 5.32 Å². The van der Waals surface area contributed by atoms with Crippen LogP contribution in [0.2, 0.25) is 0 Å². The van der Waals surface area contributed by atoms with Crippen LogP contribution in [-0.2, 0) is 14.4 Å². The topological polar surface area (TPSA) is 95.9 Å². The molecule has 1 heterocycles. The second-order valence-electron chi connectivity index (χ2n) is 7.62. The van der Waals surface area contributed by atoms with Crippen molar-refractivity contribution < 1.29 is 24.2 Å². The summed E-state index contributed by atoms with van der Waals surface area (Å²) in [7, 11) is 1.54. The summed E-state index contributed by atoms with van der Waals surface area (Å²) in [6, 6.07) is 7.21. The number of aliphatic carboxylic acids is 1. The van der Waals surface area contributed by atoms with Crippen LogP contribution in [0.1, 0.15) is 39.0 Å². The summed E-state index contributed by atoms with van der Waals surface area (Å²) in [5.41, 5.74) is -0.130. The molecule has 1 aliphatic heterocycles. The molecule has 2 fully saturated rings. The normalized spacial score (nSPS) is 28.1. The monoisotopic (exact) mass is 374 g/mol. The second kappa shape index (κ2) is 7.58. The fourth-order valence-electron chi connectivity index (χ4n) is 4.23. The second-order valence-corrected chi connectivity index (χ2v) is 7.62. The van der Waals surface area contributed by atoms with Crippen LogP contribution in [0.25, 0.3) is 0 Å². The first kappa shape index (κ1) is 19.2. The maximum absolute atomic E-state index is 12.8. The van der Waals surface area contributed by atoms with Gasteiger partial charge in [0.15, 0.2) is 0 Å². The van der Waals surface area contributed by atoms with Crippen LogP contribution >= 0.6 is 0 Å². The average molecular weight is 374 g/mol. The van der Waals surface area contributed by atoms with Crippen molar-refractivity contribution in [2.24, 2.45) is 11.8 Å². The number of carboxylic acids is 1. The summed E-state index contributed by atoms with van der Waals surface area (Å²) in [5.74, 6) is -1.79. The van der Waals surface area contributed by atoms with Crippen LogP contribution in [0.5, 0.6) is 5.75 Å². The summed E-state index contributed by atoms with van der Waals surface area (Å²) < 4.78 is 5.32. The largest absolute Gasteiger partial charge is 0.495 e. The molecule has 1 saturated heterocycles. The van der Waals surface area contributed by atoms with Gasteiger partial charge in [0.25, 0.3) is 0 Å². The Morgan fingerprint density at radius 3 is 2.74 bits per heavy atom. The Hall–Kier alpha value is -2.57. The van der Waals surface area contributed by atoms with Crippen LogP contribution < -0.4 is 15.0 Å². The Morgan fingerprint density at radius 2 is 2.04 bits per heavy atom. The number of carbonyl (C=O) groups excluding carboxylic acids is 2. The third kappa shape index (κ3) is 3.77. The molecule has 7 heteroatoms. The molecule has 2 amide bonds. The summed E-state index contributed by atoms with van der Waals surface area (Å²) >= 11 is 0. The average Bonchev–Trinajstić information content (AvgIpc) is 3.03. The highest BCUT2D eigenvalue weighted by Crippen LogP contribution is 2.36. The number of carbonyl (C=O) groups is 3. The summed E-state index contributed by atoms with van der Waals surface area (Å²) in [6.07, 6.45) is 3.04. The van der Waals surface area contributed by atoms with E-state index in [9.17, 15) is 19.5 Å². The van der Waals surface area contributed by atoms with Gasteiger partial charge < -0.3 is 20.1 Å². The highest BCUT2D eigenvalue weighted by molar-refractivity contribution is 6.01. The lowest BCUT2D eigenvalue weighted by Gasteiger charge is -2.40. The zero-order valence-corrected chi connectivity index (χ0v) is 15.7. The van der Waals surface area contributed by atoms with Gasteiger partial charge in [-0.25, -0.2) is 0 Å². The molecular weight excluding hydrogens is 348 g/mol. The molecule has 3 unspecified atom stereocenters. The van der Waals surface area contributed by atoms with E-state index in [-0.39, 0.29) is 24.8 Å². The van der Waals surface area contributed by atoms with Gasteiger partial charge >= 0.3 is 5.97 Å². The van der Waals surface area contributed by atoms with Crippen LogP contribution in [0, 0.1) is 11.8 Å². The van der Waals surface area contributed by atoms with Crippen molar-refractivity contribution in [3.63, 3.8) is 0 Å². The number of para-hydroxylation sites is 2. The summed E-state index contributed by atoms with van der Waals surface area (Å²) in [5, 5.41) is 12.5. The van der Waals surface area contributed by atoms with Crippen molar-refractivity contribution in [1.82, 2.24) is 5.32 Å². The van der Waals surface area contributed by atoms with Crippen molar-refractivity contribution in [3.05, 3.63) is 24.3 Å². The molecule has 0 bridgehead atoms. The third-order valence-electron chi connectivity index (χ3n) is 5.79. The van der Waals surface area contributed by atoms with E-state index < -0.39 is 23.3 Å². The molecule has 1 aromatic carbocycles. The van der Waals surface area contributed by atoms with Gasteiger partial charge in [0.1, 0.15) is 5.75 Å². The van der Waals surface area contributed by atoms with E-state index in [4.69, 9.17) is 4.74 Å². The molecule has 0 aromatic heterocycles. The molecule has 0 radical (unpaired) electrons. The van der Waals surface area contributed by atoms with Crippen molar-refractivity contribution in [2.45, 2.75) is 44.6 Å². The molecule has 3 rings (SSSR count). The molecule has 0 spiro atoms. The van der Waals surface area contributed by atoms with Gasteiger partial charge in [-0.1, -0.05) is 25.0 Å². The van der Waals surface area contributed by atoms with Gasteiger partial charge in [0.2, 0.25) is 11.8 Å². The third-order valence-corrected chi connectivity index (χ3v) is 5.79. The first-order chi connectivity index (χ1) is 12.9. The molecule has 7 nitrogen and oxygen atoms in total. The minimum absolute atomic E-state index is 0.109. The Morgan fingerprint density at radius 1 is 1.30 bits per heavy atom. The predicted molar refractivity (Wildman–Crippen MR) is 99.6 cm³/mol. The lowest BCUT2D eigenvalue weighted by molar-refractivity contribution is -0.147. The predicted octanol–water partition coefficient (Wildman–Crippen LogP) is 2.20. The number of methoxy groups -OCH3 is 1. The highest BCUT2D eigenvalue weighted by Gasteiger charge is 2.44. The van der Waals surface area contributed by atoms with E-state index in [1.54, 1.807) is 31.1 Å². The minimum Gasteiger partial charge on any atom is -0.495 e. The maximum atomic E-state index is 12.8. The van der Waals surface area contributed by atoms with E-state index in [0.29, 0.717) is 24.3 Å². The van der Waals surface area contributed by atoms with Crippen molar-refractivity contribution in [2.75, 3.05) is 18.6 Å². The molecule has 3 atom stereocenters. The standard InChI is InChI=1S/C20H26N2O5/c1-20(10-6-5-7-14(20)19(25)26)21-18(24)13-11-17(23)22(12-13)15-8-3-4-9-16(15)27-2/h3-4,8-9,13-14H,5-7,10-12H2,1-2H3,(H,21,24)(H,25,26). The molecule has 2 aliphatic rings. The zero-order chi connectivity index (χ0) is 19.6. The van der Waals surface area contributed by atoms with E-state index in [1.807, 2.05) is 12.1 Å². The lowest BCUT2D eigenvalue weighted by Crippen LogP contribution is -2.56. The number of hydrogen-bond donors (Lipinski definition) is 2. The van der Waals surface area contributed by atoms with Crippen molar-refractivity contribution >= 4 is 23.5 Å². The Balaban J connectivity index is 1.73. The van der Waals surface area contributed by atoms with E-state index in [0.717, 1.165) is 12.8 Å². The number of hydrogen-bond acceptors (Lipinski definition) is 4. The quantitative estimate of drug-likeness (QED) is 0.824. The summed E-state index contributed by atoms with van der Waals surface area (Å²) in [6.45, 7) is 2.07. The SMILES string of the molecule is COc1ccccc1N1CC(C(=O)NC2(C)CCCCC2C(=O)O)CC1=O. The van der Waals surface area contributed by atoms with Crippen molar-refractivity contribution in [1.29, 1.82) is 0 Å². The Bertz CT molecular complexity index is 750. The fourth-order valence-corrected chi connectivity index (χ4v) is 4.23. The van der Waals surface area contributed by atoms with Gasteiger partial charge in [-0.15, -0.1) is 0 Å². The fraction of sp³-hybridized carbons (Fsp3) is 0.550. The molecule has 2 N–H and O–H groups in total. The molecule has 27 heavy (non-hydrogen) atoms. The number of nitrogens with one attached hydrogen (secondary N) is 1. The number of carboxylic acid groups (broad SMARTS) is 1. The minimum atomic E-state index is -0.879. The first-order valence-electron chi connectivity index (χ1n) is 9.34. The first-order valence-corrected chi connectivity index (χ1v) is 9.34. The number of anilines is 1. The number of benzene rings is 1. The smallest absolute Gasteiger partial charge is 0.308 e. The molecule has 1 aromatic rings. The van der Waals surface area contributed by atoms with Gasteiger partial charge in [-0.2, -0.15) is 0 Å². The van der Waals surface area contributed by atoms with Gasteiger partial charge in [0.05, 0.1) is 30.2 Å². The maximum Gasteiger partial charge on any atom is 0.308 e. The van der Waals surface area contributed by atoms with Gasteiger partial charge in [-0.05, 0) is 31.9 Å². The van der Waals surface area contributed by atoms with E-state index >= 15 is 0 Å². The van der Waals surface area contributed by atoms with E-state index in [1.165, 1.54) is 0 Å². The van der Waals surface area contributed by atoms with Crippen LogP contribution in [0.15, 0.2) is 24.3 Å².